The van der Waals surface area contributed by atoms with Crippen LogP contribution in [-0.4, -0.2) is 72.6 Å². The van der Waals surface area contributed by atoms with Gasteiger partial charge in [-0.15, -0.1) is 0 Å². The smallest absolute Gasteiger partial charge is 0.405 e. The van der Waals surface area contributed by atoms with Crippen molar-refractivity contribution in [1.82, 2.24) is 34.7 Å². The van der Waals surface area contributed by atoms with Crippen LogP contribution in [0.5, 0.6) is 0 Å². The van der Waals surface area contributed by atoms with Crippen molar-refractivity contribution < 1.29 is 19.5 Å². The lowest BCUT2D eigenvalue weighted by Gasteiger charge is -2.20. The van der Waals surface area contributed by atoms with Crippen LogP contribution in [0.1, 0.15) is 56.5 Å². The second-order valence-corrected chi connectivity index (χ2v) is 10.5. The molecule has 1 atom stereocenters. The maximum atomic E-state index is 13.2. The highest BCUT2D eigenvalue weighted by Crippen LogP contribution is 2.27. The summed E-state index contributed by atoms with van der Waals surface area (Å²) in [6, 6.07) is 1.94. The van der Waals surface area contributed by atoms with Crippen molar-refractivity contribution in [3.8, 4) is 0 Å². The molecule has 13 heteroatoms. The van der Waals surface area contributed by atoms with Gasteiger partial charge in [0.25, 0.3) is 5.56 Å². The van der Waals surface area contributed by atoms with E-state index in [-0.39, 0.29) is 31.0 Å². The number of nitrogens with one attached hydrogen (secondary N) is 3. The molecule has 3 heterocycles. The van der Waals surface area contributed by atoms with E-state index in [9.17, 15) is 24.3 Å². The lowest BCUT2D eigenvalue weighted by molar-refractivity contribution is -0.123. The van der Waals surface area contributed by atoms with Crippen molar-refractivity contribution >= 4 is 34.8 Å². The maximum absolute atomic E-state index is 13.2. The van der Waals surface area contributed by atoms with Gasteiger partial charge in [-0.2, -0.15) is 0 Å². The van der Waals surface area contributed by atoms with Crippen LogP contribution in [0.2, 0.25) is 0 Å². The van der Waals surface area contributed by atoms with Crippen molar-refractivity contribution in [2.75, 3.05) is 19.4 Å². The highest BCUT2D eigenvalue weighted by molar-refractivity contribution is 5.96. The van der Waals surface area contributed by atoms with E-state index >= 15 is 0 Å². The van der Waals surface area contributed by atoms with Gasteiger partial charge in [-0.3, -0.25) is 14.4 Å². The van der Waals surface area contributed by atoms with Crippen LogP contribution >= 0.6 is 0 Å². The van der Waals surface area contributed by atoms with Gasteiger partial charge in [0.05, 0.1) is 12.2 Å². The molecule has 1 aliphatic carbocycles. The number of rotatable bonds is 11. The SMILES string of the molecule is CN(C)C(=O)/C=C/CC[C@H](NC(=O)O)C(=O)Nc1cccn(Cc2nc3ncnc(CC4CCCCC4)c3[nH]2)c1=O. The number of anilines is 1. The van der Waals surface area contributed by atoms with Gasteiger partial charge >= 0.3 is 6.09 Å². The van der Waals surface area contributed by atoms with Crippen LogP contribution in [0.25, 0.3) is 11.2 Å². The Kier molecular flexibility index (Phi) is 9.82. The Hall–Kier alpha value is -4.55. The molecule has 0 unspecified atom stereocenters. The Morgan fingerprint density at radius 3 is 2.73 bits per heavy atom. The number of fused-ring (bicyclic) bond motifs is 1. The fourth-order valence-electron chi connectivity index (χ4n) is 4.97. The van der Waals surface area contributed by atoms with E-state index in [1.165, 1.54) is 60.0 Å². The zero-order valence-electron chi connectivity index (χ0n) is 23.3. The first kappa shape index (κ1) is 29.4. The standard InChI is InChI=1S/C28H36N8O5/c1-35(2)23(37)13-7-6-11-19(32-28(40)41)26(38)31-20-12-8-14-36(27(20)39)16-22-33-24-21(29-17-30-25(24)34-22)15-18-9-4-3-5-10-18/h7-8,12-14,17-19,32H,3-6,9-11,15-16H2,1-2H3,(H,31,38)(H,40,41)(H,29,30,33,34)/b13-7+/t19-/m0/s1. The Labute approximate surface area is 237 Å². The number of aromatic amines is 1. The molecular weight excluding hydrogens is 528 g/mol. The molecule has 0 spiro atoms. The third-order valence-electron chi connectivity index (χ3n) is 7.16. The Balaban J connectivity index is 1.45. The molecule has 0 bridgehead atoms. The molecule has 3 aromatic rings. The summed E-state index contributed by atoms with van der Waals surface area (Å²) in [5.41, 5.74) is 1.77. The van der Waals surface area contributed by atoms with E-state index in [4.69, 9.17) is 0 Å². The lowest BCUT2D eigenvalue weighted by atomic mass is 9.86. The first-order valence-corrected chi connectivity index (χ1v) is 13.8. The summed E-state index contributed by atoms with van der Waals surface area (Å²) in [6.07, 6.45) is 12.0. The Bertz CT molecular complexity index is 1470. The number of carbonyl (C=O) groups excluding carboxylic acids is 2. The minimum Gasteiger partial charge on any atom is -0.465 e. The molecule has 4 N–H and O–H groups in total. The molecule has 1 fully saturated rings. The van der Waals surface area contributed by atoms with E-state index in [2.05, 4.69) is 30.6 Å². The Morgan fingerprint density at radius 2 is 2.00 bits per heavy atom. The molecule has 3 amide bonds. The summed E-state index contributed by atoms with van der Waals surface area (Å²) < 4.78 is 1.40. The van der Waals surface area contributed by atoms with Crippen molar-refractivity contribution in [2.45, 2.75) is 64.0 Å². The summed E-state index contributed by atoms with van der Waals surface area (Å²) in [5, 5.41) is 13.9. The van der Waals surface area contributed by atoms with Gasteiger partial charge < -0.3 is 30.2 Å². The topological polar surface area (TPSA) is 175 Å². The summed E-state index contributed by atoms with van der Waals surface area (Å²) in [4.78, 5) is 67.1. The minimum atomic E-state index is -1.38. The zero-order valence-corrected chi connectivity index (χ0v) is 23.3. The molecule has 41 heavy (non-hydrogen) atoms. The number of amides is 3. The molecule has 0 aliphatic heterocycles. The lowest BCUT2D eigenvalue weighted by Crippen LogP contribution is -2.44. The van der Waals surface area contributed by atoms with E-state index in [0.29, 0.717) is 17.4 Å². The van der Waals surface area contributed by atoms with Gasteiger partial charge in [0.2, 0.25) is 11.8 Å². The predicted molar refractivity (Wildman–Crippen MR) is 152 cm³/mol. The number of allylic oxidation sites excluding steroid dienone is 1. The molecule has 1 aliphatic rings. The number of aromatic nitrogens is 5. The number of carbonyl (C=O) groups is 3. The molecule has 0 saturated heterocycles. The monoisotopic (exact) mass is 564 g/mol. The molecule has 218 valence electrons. The number of nitrogens with zero attached hydrogens (tertiary/aromatic N) is 5. The number of pyridine rings is 1. The average Bonchev–Trinajstić information content (AvgIpc) is 3.36. The number of hydrogen-bond acceptors (Lipinski definition) is 7. The van der Waals surface area contributed by atoms with Gasteiger partial charge in [-0.1, -0.05) is 38.2 Å². The number of carboxylic acid groups (broad SMARTS) is 1. The van der Waals surface area contributed by atoms with Gasteiger partial charge in [0.1, 0.15) is 29.4 Å². The van der Waals surface area contributed by atoms with Crippen molar-refractivity contribution in [1.29, 1.82) is 0 Å². The molecule has 1 saturated carbocycles. The molecule has 0 radical (unpaired) electrons. The van der Waals surface area contributed by atoms with Crippen molar-refractivity contribution in [2.24, 2.45) is 5.92 Å². The zero-order chi connectivity index (χ0) is 29.4. The second-order valence-electron chi connectivity index (χ2n) is 10.5. The predicted octanol–water partition coefficient (Wildman–Crippen LogP) is 2.68. The summed E-state index contributed by atoms with van der Waals surface area (Å²) in [6.45, 7) is 0.114. The van der Waals surface area contributed by atoms with Gasteiger partial charge in [-0.05, 0) is 43.4 Å². The molecule has 3 aromatic heterocycles. The van der Waals surface area contributed by atoms with Crippen molar-refractivity contribution in [3.63, 3.8) is 0 Å². The fraction of sp³-hybridized carbons (Fsp3) is 0.464. The first-order valence-electron chi connectivity index (χ1n) is 13.8. The number of H-pyrrole nitrogens is 1. The Morgan fingerprint density at radius 1 is 1.22 bits per heavy atom. The van der Waals surface area contributed by atoms with Crippen LogP contribution in [0.4, 0.5) is 10.5 Å². The second kappa shape index (κ2) is 13.7. The summed E-state index contributed by atoms with van der Waals surface area (Å²) in [7, 11) is 3.22. The third-order valence-corrected chi connectivity index (χ3v) is 7.16. The van der Waals surface area contributed by atoms with Crippen LogP contribution in [0, 0.1) is 5.92 Å². The number of hydrogen-bond donors (Lipinski definition) is 4. The van der Waals surface area contributed by atoms with E-state index in [1.807, 2.05) is 0 Å². The molecule has 4 rings (SSSR count). The minimum absolute atomic E-state index is 0.00177. The van der Waals surface area contributed by atoms with E-state index in [0.717, 1.165) is 17.6 Å². The van der Waals surface area contributed by atoms with Crippen LogP contribution in [0.3, 0.4) is 0 Å². The van der Waals surface area contributed by atoms with E-state index < -0.39 is 23.6 Å². The highest BCUT2D eigenvalue weighted by atomic mass is 16.4. The van der Waals surface area contributed by atoms with Crippen LogP contribution in [0.15, 0.2) is 41.6 Å². The van der Waals surface area contributed by atoms with Crippen LogP contribution < -0.4 is 16.2 Å². The van der Waals surface area contributed by atoms with E-state index in [1.54, 1.807) is 32.4 Å². The van der Waals surface area contributed by atoms with Gasteiger partial charge in [-0.25, -0.2) is 19.7 Å². The highest BCUT2D eigenvalue weighted by Gasteiger charge is 2.22. The normalized spacial score (nSPS) is 14.7. The molecule has 13 nitrogen and oxygen atoms in total. The number of imidazole rings is 1. The molecular formula is C28H36N8O5. The summed E-state index contributed by atoms with van der Waals surface area (Å²) >= 11 is 0. The average molecular weight is 565 g/mol. The van der Waals surface area contributed by atoms with Crippen molar-refractivity contribution in [3.05, 3.63) is 58.7 Å². The largest absolute Gasteiger partial charge is 0.465 e. The summed E-state index contributed by atoms with van der Waals surface area (Å²) in [5.74, 6) is 0.216. The fourth-order valence-corrected chi connectivity index (χ4v) is 4.97. The number of likely N-dealkylation sites (N-methyl/N-ethyl adjacent to an activating group) is 1. The van der Waals surface area contributed by atoms with Gasteiger partial charge in [0.15, 0.2) is 5.65 Å². The first-order chi connectivity index (χ1) is 19.7. The third kappa shape index (κ3) is 7.99. The van der Waals surface area contributed by atoms with Gasteiger partial charge in [0, 0.05) is 20.3 Å². The van der Waals surface area contributed by atoms with Crippen LogP contribution in [-0.2, 0) is 22.6 Å². The quantitative estimate of drug-likeness (QED) is 0.257. The molecule has 0 aromatic carbocycles. The maximum Gasteiger partial charge on any atom is 0.405 e.